The van der Waals surface area contributed by atoms with Crippen LogP contribution in [0.1, 0.15) is 12.5 Å². The molecule has 0 saturated carbocycles. The van der Waals surface area contributed by atoms with E-state index in [9.17, 15) is 4.79 Å². The third kappa shape index (κ3) is 2.36. The Bertz CT molecular complexity index is 570. The molecule has 0 aliphatic carbocycles. The van der Waals surface area contributed by atoms with E-state index in [2.05, 4.69) is 0 Å². The van der Waals surface area contributed by atoms with Crippen molar-refractivity contribution in [2.24, 2.45) is 5.73 Å². The highest BCUT2D eigenvalue weighted by Gasteiger charge is 2.30. The van der Waals surface area contributed by atoms with Crippen LogP contribution >= 0.6 is 0 Å². The molecule has 1 atom stereocenters. The molecule has 18 heavy (non-hydrogen) atoms. The van der Waals surface area contributed by atoms with Crippen LogP contribution in [0.25, 0.3) is 10.8 Å². The molecule has 0 heterocycles. The van der Waals surface area contributed by atoms with Crippen molar-refractivity contribution in [1.82, 2.24) is 0 Å². The fourth-order valence-electron chi connectivity index (χ4n) is 2.15. The number of fused-ring (bicyclic) bond motifs is 1. The number of benzene rings is 2. The van der Waals surface area contributed by atoms with Gasteiger partial charge in [0.05, 0.1) is 7.11 Å². The van der Waals surface area contributed by atoms with Gasteiger partial charge in [-0.25, -0.2) is 0 Å². The Morgan fingerprint density at radius 1 is 1.22 bits per heavy atom. The van der Waals surface area contributed by atoms with Crippen LogP contribution < -0.4 is 5.73 Å². The Kier molecular flexibility index (Phi) is 3.34. The number of carbonyl (C=O) groups excluding carboxylic acids is 1. The van der Waals surface area contributed by atoms with Crippen molar-refractivity contribution in [3.05, 3.63) is 48.0 Å². The summed E-state index contributed by atoms with van der Waals surface area (Å²) >= 11 is 0. The first-order valence-electron chi connectivity index (χ1n) is 5.88. The average molecular weight is 243 g/mol. The van der Waals surface area contributed by atoms with Crippen molar-refractivity contribution >= 4 is 16.7 Å². The molecule has 0 radical (unpaired) electrons. The maximum absolute atomic E-state index is 11.6. The van der Waals surface area contributed by atoms with E-state index in [4.69, 9.17) is 10.5 Å². The molecule has 2 aromatic carbocycles. The van der Waals surface area contributed by atoms with E-state index in [-0.39, 0.29) is 0 Å². The topological polar surface area (TPSA) is 52.3 Å². The molecule has 0 amide bonds. The number of carbonyl (C=O) groups is 1. The number of nitrogens with two attached hydrogens (primary N) is 1. The minimum absolute atomic E-state index is 0.393. The molecule has 0 fully saturated rings. The van der Waals surface area contributed by atoms with Crippen molar-refractivity contribution in [2.75, 3.05) is 7.11 Å². The molecule has 3 heteroatoms. The van der Waals surface area contributed by atoms with E-state index in [0.717, 1.165) is 16.3 Å². The van der Waals surface area contributed by atoms with Crippen molar-refractivity contribution in [1.29, 1.82) is 0 Å². The van der Waals surface area contributed by atoms with Crippen LogP contribution in [0.5, 0.6) is 0 Å². The van der Waals surface area contributed by atoms with Gasteiger partial charge in [-0.1, -0.05) is 42.5 Å². The molecule has 0 aromatic heterocycles. The molecule has 0 saturated heterocycles. The van der Waals surface area contributed by atoms with Gasteiger partial charge in [0.15, 0.2) is 0 Å². The second-order valence-electron chi connectivity index (χ2n) is 4.72. The summed E-state index contributed by atoms with van der Waals surface area (Å²) < 4.78 is 4.74. The third-order valence-corrected chi connectivity index (χ3v) is 3.09. The van der Waals surface area contributed by atoms with Crippen LogP contribution in [0.15, 0.2) is 42.5 Å². The van der Waals surface area contributed by atoms with Gasteiger partial charge in [-0.15, -0.1) is 0 Å². The van der Waals surface area contributed by atoms with Gasteiger partial charge >= 0.3 is 5.97 Å². The molecule has 2 N–H and O–H groups in total. The Balaban J connectivity index is 2.41. The second-order valence-corrected chi connectivity index (χ2v) is 4.72. The lowest BCUT2D eigenvalue weighted by molar-refractivity contribution is -0.146. The number of hydrogen-bond donors (Lipinski definition) is 1. The summed E-state index contributed by atoms with van der Waals surface area (Å²) in [5.74, 6) is -0.393. The summed E-state index contributed by atoms with van der Waals surface area (Å²) in [6.45, 7) is 1.70. The van der Waals surface area contributed by atoms with Crippen LogP contribution in [-0.4, -0.2) is 18.6 Å². The van der Waals surface area contributed by atoms with Gasteiger partial charge in [-0.05, 0) is 23.3 Å². The van der Waals surface area contributed by atoms with E-state index in [1.807, 2.05) is 42.5 Å². The van der Waals surface area contributed by atoms with Crippen molar-refractivity contribution in [3.8, 4) is 0 Å². The van der Waals surface area contributed by atoms with Crippen molar-refractivity contribution < 1.29 is 9.53 Å². The first-order valence-corrected chi connectivity index (χ1v) is 5.88. The zero-order valence-electron chi connectivity index (χ0n) is 10.6. The predicted molar refractivity (Wildman–Crippen MR) is 72.3 cm³/mol. The van der Waals surface area contributed by atoms with E-state index in [1.54, 1.807) is 6.92 Å². The highest BCUT2D eigenvalue weighted by Crippen LogP contribution is 2.22. The van der Waals surface area contributed by atoms with Crippen molar-refractivity contribution in [3.63, 3.8) is 0 Å². The fraction of sp³-hybridized carbons (Fsp3) is 0.267. The Morgan fingerprint density at radius 2 is 1.89 bits per heavy atom. The maximum Gasteiger partial charge on any atom is 0.325 e. The van der Waals surface area contributed by atoms with Crippen LogP contribution in [-0.2, 0) is 16.0 Å². The largest absolute Gasteiger partial charge is 0.468 e. The zero-order valence-corrected chi connectivity index (χ0v) is 10.6. The Morgan fingerprint density at radius 3 is 2.61 bits per heavy atom. The zero-order chi connectivity index (χ0) is 13.2. The molecular formula is C15H17NO2. The lowest BCUT2D eigenvalue weighted by Crippen LogP contribution is -2.47. The first kappa shape index (κ1) is 12.6. The number of esters is 1. The highest BCUT2D eigenvalue weighted by atomic mass is 16.5. The molecule has 3 nitrogen and oxygen atoms in total. The van der Waals surface area contributed by atoms with E-state index < -0.39 is 11.5 Å². The van der Waals surface area contributed by atoms with Gasteiger partial charge in [-0.3, -0.25) is 4.79 Å². The second kappa shape index (κ2) is 4.78. The molecule has 2 rings (SSSR count). The molecule has 0 aliphatic rings. The summed E-state index contributed by atoms with van der Waals surface area (Å²) in [4.78, 5) is 11.6. The van der Waals surface area contributed by atoms with Gasteiger partial charge < -0.3 is 10.5 Å². The van der Waals surface area contributed by atoms with Crippen LogP contribution in [0.3, 0.4) is 0 Å². The summed E-state index contributed by atoms with van der Waals surface area (Å²) in [6.07, 6.45) is 0.459. The van der Waals surface area contributed by atoms with Gasteiger partial charge in [-0.2, -0.15) is 0 Å². The molecule has 0 spiro atoms. The van der Waals surface area contributed by atoms with Crippen LogP contribution in [0.2, 0.25) is 0 Å². The number of hydrogen-bond acceptors (Lipinski definition) is 3. The lowest BCUT2D eigenvalue weighted by atomic mass is 9.91. The first-order chi connectivity index (χ1) is 8.54. The highest BCUT2D eigenvalue weighted by molar-refractivity contribution is 5.87. The summed E-state index contributed by atoms with van der Waals surface area (Å²) in [5, 5.41) is 2.27. The van der Waals surface area contributed by atoms with Gasteiger partial charge in [0, 0.05) is 6.42 Å². The lowest BCUT2D eigenvalue weighted by Gasteiger charge is -2.22. The smallest absolute Gasteiger partial charge is 0.325 e. The van der Waals surface area contributed by atoms with Gasteiger partial charge in [0.2, 0.25) is 0 Å². The molecule has 0 bridgehead atoms. The standard InChI is InChI=1S/C15H17NO2/c1-15(16,14(17)18-2)10-12-8-5-7-11-6-3-4-9-13(11)12/h3-9H,10,16H2,1-2H3. The molecule has 2 aromatic rings. The molecule has 0 aliphatic heterocycles. The van der Waals surface area contributed by atoms with Crippen LogP contribution in [0, 0.1) is 0 Å². The predicted octanol–water partition coefficient (Wildman–Crippen LogP) is 2.27. The average Bonchev–Trinajstić information content (AvgIpc) is 2.38. The summed E-state index contributed by atoms with van der Waals surface area (Å²) in [7, 11) is 1.36. The summed E-state index contributed by atoms with van der Waals surface area (Å²) in [5.41, 5.74) is 6.08. The third-order valence-electron chi connectivity index (χ3n) is 3.09. The number of methoxy groups -OCH3 is 1. The fourth-order valence-corrected chi connectivity index (χ4v) is 2.15. The van der Waals surface area contributed by atoms with Gasteiger partial charge in [0.1, 0.15) is 5.54 Å². The monoisotopic (exact) mass is 243 g/mol. The normalized spacial score (nSPS) is 14.2. The SMILES string of the molecule is COC(=O)C(C)(N)Cc1cccc2ccccc12. The van der Waals surface area contributed by atoms with Gasteiger partial charge in [0.25, 0.3) is 0 Å². The molecule has 94 valence electrons. The Labute approximate surface area is 107 Å². The number of ether oxygens (including phenoxy) is 1. The summed E-state index contributed by atoms with van der Waals surface area (Å²) in [6, 6.07) is 14.1. The molecular weight excluding hydrogens is 226 g/mol. The minimum Gasteiger partial charge on any atom is -0.468 e. The quantitative estimate of drug-likeness (QED) is 0.841. The maximum atomic E-state index is 11.6. The van der Waals surface area contributed by atoms with E-state index in [1.165, 1.54) is 7.11 Å². The Hall–Kier alpha value is -1.87. The minimum atomic E-state index is -1.00. The van der Waals surface area contributed by atoms with Crippen LogP contribution in [0.4, 0.5) is 0 Å². The van der Waals surface area contributed by atoms with Crippen molar-refractivity contribution in [2.45, 2.75) is 18.9 Å². The van der Waals surface area contributed by atoms with E-state index >= 15 is 0 Å². The number of rotatable bonds is 3. The molecule has 1 unspecified atom stereocenters. The van der Waals surface area contributed by atoms with E-state index in [0.29, 0.717) is 6.42 Å².